The van der Waals surface area contributed by atoms with E-state index in [1.165, 1.54) is 12.8 Å². The highest BCUT2D eigenvalue weighted by molar-refractivity contribution is 5.98. The van der Waals surface area contributed by atoms with Gasteiger partial charge in [0.05, 0.1) is 0 Å². The van der Waals surface area contributed by atoms with E-state index < -0.39 is 0 Å². The Bertz CT molecular complexity index is 626. The van der Waals surface area contributed by atoms with Crippen molar-refractivity contribution in [1.29, 1.82) is 0 Å². The molecule has 0 aliphatic heterocycles. The van der Waals surface area contributed by atoms with Gasteiger partial charge in [0, 0.05) is 29.2 Å². The van der Waals surface area contributed by atoms with Crippen molar-refractivity contribution in [1.82, 2.24) is 9.88 Å². The molecule has 1 aromatic heterocycles. The van der Waals surface area contributed by atoms with Gasteiger partial charge in [-0.05, 0) is 24.8 Å². The number of aromatic nitrogens is 1. The normalized spacial score (nSPS) is 14.5. The zero-order valence-corrected chi connectivity index (χ0v) is 10.6. The highest BCUT2D eigenvalue weighted by atomic mass is 16.2. The Hall–Kier alpha value is -2.10. The van der Waals surface area contributed by atoms with Crippen LogP contribution in [0, 0.1) is 5.92 Å². The minimum absolute atomic E-state index is 0.00472. The monoisotopic (exact) mass is 256 g/mol. The Labute approximate surface area is 111 Å². The maximum atomic E-state index is 11.9. The van der Waals surface area contributed by atoms with Crippen molar-refractivity contribution in [3.05, 3.63) is 36.0 Å². The molecule has 1 saturated carbocycles. The fourth-order valence-corrected chi connectivity index (χ4v) is 2.29. The first-order valence-electron chi connectivity index (χ1n) is 6.57. The molecule has 0 radical (unpaired) electrons. The molecule has 1 aliphatic carbocycles. The summed E-state index contributed by atoms with van der Waals surface area (Å²) in [6.45, 7) is 1.04. The Kier molecular flexibility index (Phi) is 3.07. The molecule has 1 heterocycles. The maximum absolute atomic E-state index is 11.9. The minimum Gasteiger partial charge on any atom is -0.354 e. The summed E-state index contributed by atoms with van der Waals surface area (Å²) in [7, 11) is 0. The van der Waals surface area contributed by atoms with E-state index in [1.807, 2.05) is 28.8 Å². The third-order valence-electron chi connectivity index (χ3n) is 3.55. The van der Waals surface area contributed by atoms with E-state index in [1.54, 1.807) is 6.20 Å². The topological polar surface area (TPSA) is 51.1 Å². The van der Waals surface area contributed by atoms with Crippen LogP contribution in [0.1, 0.15) is 23.2 Å². The van der Waals surface area contributed by atoms with Crippen LogP contribution in [-0.4, -0.2) is 23.3 Å². The fraction of sp³-hybridized carbons (Fsp3) is 0.333. The minimum atomic E-state index is 0.00472. The first kappa shape index (κ1) is 12.0. The summed E-state index contributed by atoms with van der Waals surface area (Å²) in [5, 5.41) is 3.83. The van der Waals surface area contributed by atoms with Gasteiger partial charge in [0.2, 0.25) is 5.91 Å². The predicted molar refractivity (Wildman–Crippen MR) is 73.1 cm³/mol. The molecule has 1 aliphatic rings. The highest BCUT2D eigenvalue weighted by Crippen LogP contribution is 2.27. The average molecular weight is 256 g/mol. The van der Waals surface area contributed by atoms with Crippen LogP contribution in [0.3, 0.4) is 0 Å². The Morgan fingerprint density at radius 2 is 2.16 bits per heavy atom. The molecule has 19 heavy (non-hydrogen) atoms. The lowest BCUT2D eigenvalue weighted by atomic mass is 10.2. The van der Waals surface area contributed by atoms with E-state index in [2.05, 4.69) is 5.32 Å². The van der Waals surface area contributed by atoms with Crippen molar-refractivity contribution < 1.29 is 9.59 Å². The van der Waals surface area contributed by atoms with E-state index in [0.29, 0.717) is 11.5 Å². The van der Waals surface area contributed by atoms with Crippen LogP contribution in [0.15, 0.2) is 30.5 Å². The summed E-state index contributed by atoms with van der Waals surface area (Å²) in [5.41, 5.74) is 1.55. The molecule has 1 N–H and O–H groups in total. The molecular weight excluding hydrogens is 240 g/mol. The number of carbonyl (C=O) groups is 2. The van der Waals surface area contributed by atoms with E-state index in [0.717, 1.165) is 23.7 Å². The molecule has 3 rings (SSSR count). The van der Waals surface area contributed by atoms with Crippen LogP contribution in [0.25, 0.3) is 10.9 Å². The van der Waals surface area contributed by atoms with Gasteiger partial charge in [0.15, 0.2) is 6.29 Å². The lowest BCUT2D eigenvalue weighted by Crippen LogP contribution is -2.29. The van der Waals surface area contributed by atoms with Crippen molar-refractivity contribution >= 4 is 23.1 Å². The van der Waals surface area contributed by atoms with Crippen LogP contribution >= 0.6 is 0 Å². The second-order valence-electron chi connectivity index (χ2n) is 5.09. The summed E-state index contributed by atoms with van der Waals surface area (Å²) in [6.07, 6.45) is 5.03. The largest absolute Gasteiger partial charge is 0.354 e. The molecule has 0 saturated heterocycles. The SMILES string of the molecule is O=Cc1cn(CC(=O)NCC2CC2)c2ccccc12. The molecule has 1 aromatic carbocycles. The maximum Gasteiger partial charge on any atom is 0.239 e. The number of aldehydes is 1. The van der Waals surface area contributed by atoms with Crippen LogP contribution in [0.2, 0.25) is 0 Å². The highest BCUT2D eigenvalue weighted by Gasteiger charge is 2.21. The molecular formula is C15H16N2O2. The number of hydrogen-bond acceptors (Lipinski definition) is 2. The number of fused-ring (bicyclic) bond motifs is 1. The van der Waals surface area contributed by atoms with Gasteiger partial charge in [-0.15, -0.1) is 0 Å². The fourth-order valence-electron chi connectivity index (χ4n) is 2.29. The standard InChI is InChI=1S/C15H16N2O2/c18-10-12-8-17(14-4-2-1-3-13(12)14)9-15(19)16-7-11-5-6-11/h1-4,8,10-11H,5-7,9H2,(H,16,19). The van der Waals surface area contributed by atoms with Crippen LogP contribution in [0.4, 0.5) is 0 Å². The van der Waals surface area contributed by atoms with Gasteiger partial charge in [-0.1, -0.05) is 18.2 Å². The molecule has 1 fully saturated rings. The molecule has 0 spiro atoms. The van der Waals surface area contributed by atoms with Gasteiger partial charge in [-0.2, -0.15) is 0 Å². The number of rotatable bonds is 5. The number of para-hydroxylation sites is 1. The number of amides is 1. The first-order valence-corrected chi connectivity index (χ1v) is 6.57. The molecule has 4 heteroatoms. The third-order valence-corrected chi connectivity index (χ3v) is 3.55. The van der Waals surface area contributed by atoms with Crippen molar-refractivity contribution in [2.24, 2.45) is 5.92 Å². The zero-order valence-electron chi connectivity index (χ0n) is 10.6. The van der Waals surface area contributed by atoms with Crippen molar-refractivity contribution in [3.8, 4) is 0 Å². The summed E-state index contributed by atoms with van der Waals surface area (Å²) in [4.78, 5) is 22.9. The van der Waals surface area contributed by atoms with Crippen LogP contribution in [0.5, 0.6) is 0 Å². The average Bonchev–Trinajstić information content (AvgIpc) is 3.20. The molecule has 0 atom stereocenters. The molecule has 0 bridgehead atoms. The zero-order chi connectivity index (χ0) is 13.2. The Morgan fingerprint density at radius 1 is 1.37 bits per heavy atom. The van der Waals surface area contributed by atoms with Gasteiger partial charge in [0.1, 0.15) is 6.54 Å². The van der Waals surface area contributed by atoms with Gasteiger partial charge in [-0.25, -0.2) is 0 Å². The number of hydrogen-bond donors (Lipinski definition) is 1. The number of nitrogens with zero attached hydrogens (tertiary/aromatic N) is 1. The number of benzene rings is 1. The van der Waals surface area contributed by atoms with E-state index >= 15 is 0 Å². The van der Waals surface area contributed by atoms with Gasteiger partial charge in [-0.3, -0.25) is 9.59 Å². The summed E-state index contributed by atoms with van der Waals surface area (Å²) < 4.78 is 1.83. The molecule has 0 unspecified atom stereocenters. The van der Waals surface area contributed by atoms with Gasteiger partial charge >= 0.3 is 0 Å². The number of nitrogens with one attached hydrogen (secondary N) is 1. The van der Waals surface area contributed by atoms with E-state index in [4.69, 9.17) is 0 Å². The third kappa shape index (κ3) is 2.52. The van der Waals surface area contributed by atoms with Crippen molar-refractivity contribution in [2.75, 3.05) is 6.54 Å². The quantitative estimate of drug-likeness (QED) is 0.832. The smallest absolute Gasteiger partial charge is 0.239 e. The van der Waals surface area contributed by atoms with E-state index in [9.17, 15) is 9.59 Å². The van der Waals surface area contributed by atoms with Gasteiger partial charge < -0.3 is 9.88 Å². The molecule has 2 aromatic rings. The lowest BCUT2D eigenvalue weighted by Gasteiger charge is -2.06. The van der Waals surface area contributed by atoms with Crippen molar-refractivity contribution in [2.45, 2.75) is 19.4 Å². The second-order valence-corrected chi connectivity index (χ2v) is 5.09. The summed E-state index contributed by atoms with van der Waals surface area (Å²) in [5.74, 6) is 0.681. The predicted octanol–water partition coefficient (Wildman–Crippen LogP) is 1.98. The number of carbonyl (C=O) groups excluding carboxylic acids is 2. The molecule has 98 valence electrons. The van der Waals surface area contributed by atoms with Crippen LogP contribution < -0.4 is 5.32 Å². The summed E-state index contributed by atoms with van der Waals surface area (Å²) >= 11 is 0. The second kappa shape index (κ2) is 4.88. The molecule has 1 amide bonds. The van der Waals surface area contributed by atoms with Gasteiger partial charge in [0.25, 0.3) is 0 Å². The summed E-state index contributed by atoms with van der Waals surface area (Å²) in [6, 6.07) is 7.64. The first-order chi connectivity index (χ1) is 9.28. The van der Waals surface area contributed by atoms with Crippen LogP contribution in [-0.2, 0) is 11.3 Å². The Morgan fingerprint density at radius 3 is 2.89 bits per heavy atom. The van der Waals surface area contributed by atoms with E-state index in [-0.39, 0.29) is 12.5 Å². The lowest BCUT2D eigenvalue weighted by molar-refractivity contribution is -0.121. The Balaban J connectivity index is 1.79. The molecule has 4 nitrogen and oxygen atoms in total. The van der Waals surface area contributed by atoms with Crippen molar-refractivity contribution in [3.63, 3.8) is 0 Å².